The maximum absolute atomic E-state index is 7.00. The summed E-state index contributed by atoms with van der Waals surface area (Å²) in [5.74, 6) is 2.04. The van der Waals surface area contributed by atoms with E-state index in [9.17, 15) is 0 Å². The summed E-state index contributed by atoms with van der Waals surface area (Å²) in [4.78, 5) is 0. The summed E-state index contributed by atoms with van der Waals surface area (Å²) in [6.45, 7) is 36.8. The van der Waals surface area contributed by atoms with Crippen LogP contribution in [0.3, 0.4) is 0 Å². The molecule has 0 spiro atoms. The molecule has 0 aliphatic rings. The Morgan fingerprint density at radius 2 is 0.660 bits per heavy atom. The molecule has 0 unspecified atom stereocenters. The minimum Gasteiger partial charge on any atom is -0.496 e. The van der Waals surface area contributed by atoms with Gasteiger partial charge in [0, 0.05) is 39.8 Å². The fraction of sp³-hybridized carbons (Fsp3) is 0.490. The van der Waals surface area contributed by atoms with Crippen LogP contribution in [-0.2, 0) is 32.7 Å². The molecule has 0 aliphatic carbocycles. The molecule has 0 saturated carbocycles. The van der Waals surface area contributed by atoms with Crippen LogP contribution in [0.4, 0.5) is 0 Å². The van der Waals surface area contributed by atoms with E-state index in [-0.39, 0.29) is 62.4 Å². The molecule has 0 heterocycles. The van der Waals surface area contributed by atoms with Crippen LogP contribution in [0, 0.1) is 111 Å². The van der Waals surface area contributed by atoms with E-state index >= 15 is 0 Å². The molecule has 0 aromatic heterocycles. The fourth-order valence-electron chi connectivity index (χ4n) is 6.05. The first-order valence-corrected chi connectivity index (χ1v) is 17.2. The Morgan fingerprint density at radius 1 is 0.396 bits per heavy atom. The van der Waals surface area contributed by atoms with Crippen LogP contribution in [0.1, 0.15) is 126 Å². The zero-order valence-corrected chi connectivity index (χ0v) is 38.8. The van der Waals surface area contributed by atoms with E-state index in [1.807, 2.05) is 0 Å². The van der Waals surface area contributed by atoms with Gasteiger partial charge in [-0.15, -0.1) is 0 Å². The second-order valence-electron chi connectivity index (χ2n) is 13.2. The maximum Gasteiger partial charge on any atom is 0.124 e. The zero-order valence-electron chi connectivity index (χ0n) is 35.9. The SMILES string of the molecule is C.C.C.CCC.CO.COc1c(C)cc(C)c(C)c1C.COc1c(C)cc(C)cc1C.Cc1cc(-c2cc(C)c(C)c(C)c2C)c(C)c(C)c1C.[CH3-].[Y]. The molecular formula is C49H83O3Y-. The van der Waals surface area contributed by atoms with Crippen molar-refractivity contribution in [2.24, 2.45) is 0 Å². The van der Waals surface area contributed by atoms with Crippen LogP contribution in [0.25, 0.3) is 11.1 Å². The molecule has 0 amide bonds. The fourth-order valence-corrected chi connectivity index (χ4v) is 6.05. The molecule has 0 saturated heterocycles. The second-order valence-corrected chi connectivity index (χ2v) is 13.2. The van der Waals surface area contributed by atoms with Gasteiger partial charge in [0.1, 0.15) is 11.5 Å². The number of hydrogen-bond acceptors (Lipinski definition) is 3. The van der Waals surface area contributed by atoms with Crippen molar-refractivity contribution >= 4 is 0 Å². The van der Waals surface area contributed by atoms with Crippen LogP contribution in [0.2, 0.25) is 0 Å². The largest absolute Gasteiger partial charge is 0.496 e. The van der Waals surface area contributed by atoms with Gasteiger partial charge in [-0.25, -0.2) is 0 Å². The van der Waals surface area contributed by atoms with Crippen LogP contribution in [0.15, 0.2) is 30.3 Å². The first-order valence-electron chi connectivity index (χ1n) is 17.2. The van der Waals surface area contributed by atoms with E-state index in [1.165, 1.54) is 101 Å². The third-order valence-electron chi connectivity index (χ3n) is 9.55. The number of methoxy groups -OCH3 is 2. The average molecular weight is 809 g/mol. The van der Waals surface area contributed by atoms with E-state index < -0.39 is 0 Å². The summed E-state index contributed by atoms with van der Waals surface area (Å²) in [6.07, 6.45) is 1.25. The Balaban J connectivity index is -0.000000147. The predicted molar refractivity (Wildman–Crippen MR) is 240 cm³/mol. The number of benzene rings is 4. The van der Waals surface area contributed by atoms with Crippen LogP contribution < -0.4 is 9.47 Å². The Morgan fingerprint density at radius 3 is 0.962 bits per heavy atom. The number of aryl methyl sites for hydroxylation is 7. The quantitative estimate of drug-likeness (QED) is 0.210. The van der Waals surface area contributed by atoms with Gasteiger partial charge in [-0.05, 0) is 193 Å². The Bertz CT molecular complexity index is 1560. The first-order chi connectivity index (χ1) is 22.4. The number of aliphatic hydroxyl groups excluding tert-OH is 1. The molecule has 0 aliphatic heterocycles. The summed E-state index contributed by atoms with van der Waals surface area (Å²) in [5, 5.41) is 7.00. The number of rotatable bonds is 3. The van der Waals surface area contributed by atoms with Gasteiger partial charge in [0.2, 0.25) is 0 Å². The van der Waals surface area contributed by atoms with Crippen molar-refractivity contribution in [3.05, 3.63) is 121 Å². The Kier molecular flexibility index (Phi) is 35.2. The van der Waals surface area contributed by atoms with E-state index in [2.05, 4.69) is 148 Å². The molecule has 301 valence electrons. The van der Waals surface area contributed by atoms with Gasteiger partial charge in [-0.3, -0.25) is 0 Å². The average Bonchev–Trinajstić information content (AvgIpc) is 3.03. The van der Waals surface area contributed by atoms with Gasteiger partial charge in [0.25, 0.3) is 0 Å². The topological polar surface area (TPSA) is 38.7 Å². The molecule has 1 N–H and O–H groups in total. The van der Waals surface area contributed by atoms with Crippen molar-refractivity contribution in [1.29, 1.82) is 0 Å². The standard InChI is InChI=1S/C20H26.C11H16O.C10H14O.C3H8.CH4O.3CH4.CH3.Y/c1-11-9-19(17(7)15(5)13(11)3)20-10-12(2)14(4)16(6)18(20)8;1-7-6-8(2)11(12-5)10(4)9(7)3;1-7-5-8(2)10(11-4)9(3)6-7;1-3-2;1-2;;;;;/h9-10H,1-8H3;6H,1-5H3;5-6H,1-4H3;3H2,1-2H3;2H,1H3;3*1H4;1H3;/q;;;;;;;;-1;. The Hall–Kier alpha value is -2.46. The minimum absolute atomic E-state index is 0. The van der Waals surface area contributed by atoms with Gasteiger partial charge in [-0.1, -0.05) is 78.4 Å². The molecule has 3 nitrogen and oxygen atoms in total. The summed E-state index contributed by atoms with van der Waals surface area (Å²) >= 11 is 0. The number of ether oxygens (including phenoxy) is 2. The monoisotopic (exact) mass is 809 g/mol. The molecule has 4 rings (SSSR count). The van der Waals surface area contributed by atoms with Gasteiger partial charge >= 0.3 is 0 Å². The van der Waals surface area contributed by atoms with E-state index in [0.717, 1.165) is 18.6 Å². The van der Waals surface area contributed by atoms with Crippen LogP contribution in [0.5, 0.6) is 11.5 Å². The summed E-state index contributed by atoms with van der Waals surface area (Å²) in [5.41, 5.74) is 23.0. The van der Waals surface area contributed by atoms with Crippen molar-refractivity contribution in [3.63, 3.8) is 0 Å². The molecule has 1 radical (unpaired) electrons. The molecule has 4 heteroatoms. The molecule has 0 bridgehead atoms. The van der Waals surface area contributed by atoms with Gasteiger partial charge in [0.05, 0.1) is 14.2 Å². The number of hydrogen-bond donors (Lipinski definition) is 1. The van der Waals surface area contributed by atoms with Crippen molar-refractivity contribution in [3.8, 4) is 22.6 Å². The van der Waals surface area contributed by atoms with Crippen molar-refractivity contribution < 1.29 is 47.3 Å². The normalized spacial score (nSPS) is 8.92. The van der Waals surface area contributed by atoms with Gasteiger partial charge in [0.15, 0.2) is 0 Å². The van der Waals surface area contributed by atoms with Crippen molar-refractivity contribution in [1.82, 2.24) is 0 Å². The molecule has 0 fully saturated rings. The molecule has 4 aromatic carbocycles. The third kappa shape index (κ3) is 16.8. The first kappa shape index (κ1) is 62.5. The molecule has 53 heavy (non-hydrogen) atoms. The van der Waals surface area contributed by atoms with Gasteiger partial charge < -0.3 is 22.0 Å². The smallest absolute Gasteiger partial charge is 0.124 e. The van der Waals surface area contributed by atoms with E-state index in [1.54, 1.807) is 14.2 Å². The summed E-state index contributed by atoms with van der Waals surface area (Å²) < 4.78 is 10.5. The predicted octanol–water partition coefficient (Wildman–Crippen LogP) is 14.8. The van der Waals surface area contributed by atoms with E-state index in [0.29, 0.717) is 0 Å². The van der Waals surface area contributed by atoms with Crippen LogP contribution in [-0.4, -0.2) is 26.4 Å². The minimum atomic E-state index is 0. The second kappa shape index (κ2) is 29.8. The van der Waals surface area contributed by atoms with Crippen molar-refractivity contribution in [2.45, 2.75) is 146 Å². The molecular weight excluding hydrogens is 725 g/mol. The van der Waals surface area contributed by atoms with Crippen molar-refractivity contribution in [2.75, 3.05) is 21.3 Å². The maximum atomic E-state index is 7.00. The Labute approximate surface area is 356 Å². The molecule has 0 atom stereocenters. The van der Waals surface area contributed by atoms with E-state index in [4.69, 9.17) is 14.6 Å². The number of aliphatic hydroxyl groups is 1. The third-order valence-corrected chi connectivity index (χ3v) is 9.55. The van der Waals surface area contributed by atoms with Crippen LogP contribution >= 0.6 is 0 Å². The van der Waals surface area contributed by atoms with Gasteiger partial charge in [-0.2, -0.15) is 0 Å². The molecule has 4 aromatic rings. The summed E-state index contributed by atoms with van der Waals surface area (Å²) in [7, 11) is 4.44. The zero-order chi connectivity index (χ0) is 37.6. The summed E-state index contributed by atoms with van der Waals surface area (Å²) in [6, 6.07) is 11.1.